The van der Waals surface area contributed by atoms with Gasteiger partial charge in [0.05, 0.1) is 0 Å². The van der Waals surface area contributed by atoms with Crippen molar-refractivity contribution in [1.82, 2.24) is 0 Å². The first-order chi connectivity index (χ1) is 5.33. The average molecular weight is 150 g/mol. The van der Waals surface area contributed by atoms with Gasteiger partial charge in [-0.1, -0.05) is 30.7 Å². The number of allylic oxidation sites excluding steroid dienone is 4. The lowest BCUT2D eigenvalue weighted by Gasteiger charge is -2.14. The molecule has 0 saturated heterocycles. The minimum atomic E-state index is 0.833. The van der Waals surface area contributed by atoms with E-state index in [1.807, 2.05) is 0 Å². The van der Waals surface area contributed by atoms with E-state index in [9.17, 15) is 0 Å². The number of rotatable bonds is 2. The Labute approximate surface area is 70.0 Å². The van der Waals surface area contributed by atoms with Crippen molar-refractivity contribution in [3.05, 3.63) is 23.8 Å². The Morgan fingerprint density at radius 1 is 1.55 bits per heavy atom. The Kier molecular flexibility index (Phi) is 3.41. The van der Waals surface area contributed by atoms with E-state index in [0.29, 0.717) is 0 Å². The minimum Gasteiger partial charge on any atom is -0.0885 e. The predicted molar refractivity (Wildman–Crippen MR) is 50.5 cm³/mol. The Bertz CT molecular complexity index is 163. The maximum absolute atomic E-state index is 2.45. The Balaban J connectivity index is 2.42. The summed E-state index contributed by atoms with van der Waals surface area (Å²) in [5, 5.41) is 0. The third-order valence-corrected chi connectivity index (χ3v) is 2.39. The average Bonchev–Trinajstić information content (AvgIpc) is 2.06. The van der Waals surface area contributed by atoms with Crippen LogP contribution < -0.4 is 0 Å². The first-order valence-electron chi connectivity index (χ1n) is 4.65. The molecule has 0 bridgehead atoms. The van der Waals surface area contributed by atoms with E-state index in [2.05, 4.69) is 32.1 Å². The monoisotopic (exact) mass is 150 g/mol. The van der Waals surface area contributed by atoms with Crippen molar-refractivity contribution in [3.63, 3.8) is 0 Å². The molecule has 1 aliphatic rings. The highest BCUT2D eigenvalue weighted by atomic mass is 14.1. The van der Waals surface area contributed by atoms with Gasteiger partial charge in [0.15, 0.2) is 0 Å². The molecule has 1 rings (SSSR count). The van der Waals surface area contributed by atoms with E-state index in [-0.39, 0.29) is 0 Å². The fourth-order valence-electron chi connectivity index (χ4n) is 1.49. The van der Waals surface area contributed by atoms with Crippen LogP contribution in [0.4, 0.5) is 0 Å². The highest BCUT2D eigenvalue weighted by Crippen LogP contribution is 2.21. The first-order valence-corrected chi connectivity index (χ1v) is 4.65. The summed E-state index contributed by atoms with van der Waals surface area (Å²) in [5.74, 6) is 0.833. The molecule has 0 aromatic rings. The molecule has 0 heterocycles. The maximum atomic E-state index is 2.45. The molecule has 0 fully saturated rings. The molecule has 0 spiro atoms. The fourth-order valence-corrected chi connectivity index (χ4v) is 1.49. The second-order valence-corrected chi connectivity index (χ2v) is 3.41. The van der Waals surface area contributed by atoms with Crippen LogP contribution in [-0.4, -0.2) is 0 Å². The molecule has 0 saturated carbocycles. The van der Waals surface area contributed by atoms with Gasteiger partial charge in [-0.15, -0.1) is 0 Å². The fraction of sp³-hybridized carbons (Fsp3) is 0.636. The van der Waals surface area contributed by atoms with Crippen molar-refractivity contribution in [2.75, 3.05) is 0 Å². The van der Waals surface area contributed by atoms with Crippen molar-refractivity contribution in [2.24, 2.45) is 5.92 Å². The Morgan fingerprint density at radius 2 is 2.36 bits per heavy atom. The van der Waals surface area contributed by atoms with Crippen LogP contribution in [0.2, 0.25) is 0 Å². The van der Waals surface area contributed by atoms with E-state index in [1.54, 1.807) is 5.57 Å². The van der Waals surface area contributed by atoms with Gasteiger partial charge in [-0.2, -0.15) is 0 Å². The molecule has 1 atom stereocenters. The van der Waals surface area contributed by atoms with Gasteiger partial charge in [0.1, 0.15) is 0 Å². The molecular weight excluding hydrogens is 132 g/mol. The Hall–Kier alpha value is -0.520. The van der Waals surface area contributed by atoms with Crippen LogP contribution >= 0.6 is 0 Å². The molecule has 0 aromatic carbocycles. The minimum absolute atomic E-state index is 0.833. The quantitative estimate of drug-likeness (QED) is 0.526. The molecule has 0 nitrogen and oxygen atoms in total. The normalized spacial score (nSPS) is 25.6. The van der Waals surface area contributed by atoms with E-state index in [1.165, 1.54) is 25.7 Å². The topological polar surface area (TPSA) is 0 Å². The molecule has 1 unspecified atom stereocenters. The van der Waals surface area contributed by atoms with Gasteiger partial charge < -0.3 is 0 Å². The summed E-state index contributed by atoms with van der Waals surface area (Å²) in [6, 6.07) is 0. The number of hydrogen-bond acceptors (Lipinski definition) is 0. The third kappa shape index (κ3) is 2.92. The second kappa shape index (κ2) is 4.38. The lowest BCUT2D eigenvalue weighted by Crippen LogP contribution is -1.99. The summed E-state index contributed by atoms with van der Waals surface area (Å²) >= 11 is 0. The summed E-state index contributed by atoms with van der Waals surface area (Å²) in [6.45, 7) is 4.46. The van der Waals surface area contributed by atoms with Gasteiger partial charge in [0.25, 0.3) is 0 Å². The molecule has 11 heavy (non-hydrogen) atoms. The van der Waals surface area contributed by atoms with Crippen LogP contribution in [0, 0.1) is 5.92 Å². The highest BCUT2D eigenvalue weighted by Gasteiger charge is 2.05. The largest absolute Gasteiger partial charge is 0.0885 e. The molecule has 0 radical (unpaired) electrons. The molecule has 0 heteroatoms. The zero-order valence-corrected chi connectivity index (χ0v) is 7.64. The van der Waals surface area contributed by atoms with Crippen molar-refractivity contribution < 1.29 is 0 Å². The lowest BCUT2D eigenvalue weighted by molar-refractivity contribution is 0.579. The van der Waals surface area contributed by atoms with Crippen molar-refractivity contribution >= 4 is 0 Å². The Morgan fingerprint density at radius 3 is 2.91 bits per heavy atom. The zero-order valence-electron chi connectivity index (χ0n) is 7.64. The van der Waals surface area contributed by atoms with Crippen LogP contribution in [-0.2, 0) is 0 Å². The van der Waals surface area contributed by atoms with Gasteiger partial charge in [-0.05, 0) is 38.5 Å². The van der Waals surface area contributed by atoms with Gasteiger partial charge in [-0.3, -0.25) is 0 Å². The van der Waals surface area contributed by atoms with Crippen LogP contribution in [0.25, 0.3) is 0 Å². The smallest absolute Gasteiger partial charge is 0.0193 e. The van der Waals surface area contributed by atoms with E-state index < -0.39 is 0 Å². The van der Waals surface area contributed by atoms with E-state index in [4.69, 9.17) is 0 Å². The SMILES string of the molecule is CC/C(C)=C/C1CC=CCC1. The molecule has 0 aliphatic heterocycles. The highest BCUT2D eigenvalue weighted by molar-refractivity contribution is 5.04. The summed E-state index contributed by atoms with van der Waals surface area (Å²) in [4.78, 5) is 0. The van der Waals surface area contributed by atoms with Gasteiger partial charge in [0, 0.05) is 0 Å². The molecule has 0 N–H and O–H groups in total. The molecule has 1 aliphatic carbocycles. The van der Waals surface area contributed by atoms with Gasteiger partial charge in [0.2, 0.25) is 0 Å². The first kappa shape index (κ1) is 8.58. The summed E-state index contributed by atoms with van der Waals surface area (Å²) in [5.41, 5.74) is 1.55. The summed E-state index contributed by atoms with van der Waals surface area (Å²) < 4.78 is 0. The van der Waals surface area contributed by atoms with Gasteiger partial charge in [-0.25, -0.2) is 0 Å². The maximum Gasteiger partial charge on any atom is -0.0193 e. The zero-order chi connectivity index (χ0) is 8.10. The van der Waals surface area contributed by atoms with Crippen molar-refractivity contribution in [1.29, 1.82) is 0 Å². The van der Waals surface area contributed by atoms with E-state index >= 15 is 0 Å². The van der Waals surface area contributed by atoms with E-state index in [0.717, 1.165) is 5.92 Å². The second-order valence-electron chi connectivity index (χ2n) is 3.41. The van der Waals surface area contributed by atoms with Crippen LogP contribution in [0.1, 0.15) is 39.5 Å². The van der Waals surface area contributed by atoms with Crippen LogP contribution in [0.15, 0.2) is 23.8 Å². The van der Waals surface area contributed by atoms with Crippen LogP contribution in [0.5, 0.6) is 0 Å². The van der Waals surface area contributed by atoms with Crippen LogP contribution in [0.3, 0.4) is 0 Å². The summed E-state index contributed by atoms with van der Waals surface area (Å²) in [7, 11) is 0. The summed E-state index contributed by atoms with van der Waals surface area (Å²) in [6.07, 6.45) is 12.2. The van der Waals surface area contributed by atoms with Crippen molar-refractivity contribution in [3.8, 4) is 0 Å². The number of hydrogen-bond donors (Lipinski definition) is 0. The van der Waals surface area contributed by atoms with Gasteiger partial charge >= 0.3 is 0 Å². The lowest BCUT2D eigenvalue weighted by atomic mass is 9.92. The molecule has 0 aromatic heterocycles. The van der Waals surface area contributed by atoms with Crippen molar-refractivity contribution in [2.45, 2.75) is 39.5 Å². The predicted octanol–water partition coefficient (Wildman–Crippen LogP) is 3.70. The molecular formula is C11H18. The molecule has 0 amide bonds. The third-order valence-electron chi connectivity index (χ3n) is 2.39. The standard InChI is InChI=1S/C11H18/c1-3-10(2)9-11-7-5-4-6-8-11/h4-5,9,11H,3,6-8H2,1-2H3/b10-9+. The molecule has 62 valence electrons.